The minimum Gasteiger partial charge on any atom is -0.377 e. The fourth-order valence-electron chi connectivity index (χ4n) is 2.15. The third-order valence-electron chi connectivity index (χ3n) is 3.06. The Morgan fingerprint density at radius 2 is 1.94 bits per heavy atom. The molecule has 1 aromatic heterocycles. The lowest BCUT2D eigenvalue weighted by Gasteiger charge is -2.13. The summed E-state index contributed by atoms with van der Waals surface area (Å²) in [4.78, 5) is 4.37. The van der Waals surface area contributed by atoms with Gasteiger partial charge in [-0.25, -0.2) is 4.98 Å². The van der Waals surface area contributed by atoms with Crippen LogP contribution >= 0.6 is 15.9 Å². The number of halogens is 1. The predicted octanol–water partition coefficient (Wildman–Crippen LogP) is 3.89. The van der Waals surface area contributed by atoms with E-state index in [4.69, 9.17) is 0 Å². The number of nitrogens with one attached hydrogen (secondary N) is 1. The summed E-state index contributed by atoms with van der Waals surface area (Å²) in [7, 11) is 0. The van der Waals surface area contributed by atoms with E-state index < -0.39 is 0 Å². The van der Waals surface area contributed by atoms with E-state index in [1.807, 2.05) is 12.4 Å². The zero-order chi connectivity index (χ0) is 13.1. The number of hydrogen-bond acceptors (Lipinski definition) is 2. The van der Waals surface area contributed by atoms with Gasteiger partial charge in [-0.15, -0.1) is 0 Å². The molecule has 18 heavy (non-hydrogen) atoms. The maximum Gasteiger partial charge on any atom is 0.128 e. The van der Waals surface area contributed by atoms with Crippen LogP contribution in [0.3, 0.4) is 0 Å². The maximum absolute atomic E-state index is 4.37. The first kappa shape index (κ1) is 13.1. The Hall–Kier alpha value is -1.29. The molecule has 2 aromatic rings. The first-order chi connectivity index (χ1) is 8.61. The molecule has 96 valence electrons. The zero-order valence-corrected chi connectivity index (χ0v) is 12.6. The van der Waals surface area contributed by atoms with Gasteiger partial charge in [0.25, 0.3) is 0 Å². The highest BCUT2D eigenvalue weighted by Gasteiger charge is 2.06. The number of aryl methyl sites for hydroxylation is 3. The summed E-state index contributed by atoms with van der Waals surface area (Å²) >= 11 is 3.52. The summed E-state index contributed by atoms with van der Waals surface area (Å²) in [6.07, 6.45) is 3.86. The molecule has 0 atom stereocenters. The number of rotatable bonds is 4. The number of anilines is 1. The van der Waals surface area contributed by atoms with Crippen LogP contribution in [0.15, 0.2) is 29.0 Å². The molecule has 3 nitrogen and oxygen atoms in total. The molecule has 0 saturated carbocycles. The highest BCUT2D eigenvalue weighted by molar-refractivity contribution is 9.10. The molecule has 0 aliphatic rings. The van der Waals surface area contributed by atoms with Gasteiger partial charge in [0.15, 0.2) is 0 Å². The van der Waals surface area contributed by atoms with Crippen molar-refractivity contribution in [3.63, 3.8) is 0 Å². The molecule has 2 rings (SSSR count). The van der Waals surface area contributed by atoms with Crippen molar-refractivity contribution in [3.05, 3.63) is 46.0 Å². The van der Waals surface area contributed by atoms with Crippen LogP contribution in [0.5, 0.6) is 0 Å². The molecule has 0 saturated heterocycles. The van der Waals surface area contributed by atoms with Crippen molar-refractivity contribution in [3.8, 4) is 0 Å². The number of imidazole rings is 1. The van der Waals surface area contributed by atoms with E-state index in [0.29, 0.717) is 0 Å². The summed E-state index contributed by atoms with van der Waals surface area (Å²) in [6, 6.07) is 4.25. The van der Waals surface area contributed by atoms with E-state index in [1.165, 1.54) is 16.8 Å². The molecule has 4 heteroatoms. The van der Waals surface area contributed by atoms with Crippen LogP contribution in [-0.4, -0.2) is 9.55 Å². The largest absolute Gasteiger partial charge is 0.377 e. The molecule has 1 N–H and O–H groups in total. The van der Waals surface area contributed by atoms with Crippen LogP contribution in [0.1, 0.15) is 23.9 Å². The molecule has 0 bridgehead atoms. The van der Waals surface area contributed by atoms with Crippen molar-refractivity contribution in [2.75, 3.05) is 5.32 Å². The van der Waals surface area contributed by atoms with Gasteiger partial charge < -0.3 is 9.88 Å². The van der Waals surface area contributed by atoms with Crippen LogP contribution in [0, 0.1) is 13.8 Å². The Balaban J connectivity index is 2.16. The molecule has 0 spiro atoms. The minimum absolute atomic E-state index is 0.754. The monoisotopic (exact) mass is 307 g/mol. The van der Waals surface area contributed by atoms with Crippen LogP contribution in [0.25, 0.3) is 0 Å². The Bertz CT molecular complexity index is 523. The number of nitrogens with zero attached hydrogens (tertiary/aromatic N) is 2. The van der Waals surface area contributed by atoms with Gasteiger partial charge in [0.2, 0.25) is 0 Å². The summed E-state index contributed by atoms with van der Waals surface area (Å²) in [5.74, 6) is 1.07. The average molecular weight is 308 g/mol. The first-order valence-electron chi connectivity index (χ1n) is 6.12. The Kier molecular flexibility index (Phi) is 4.07. The number of aromatic nitrogens is 2. The van der Waals surface area contributed by atoms with Gasteiger partial charge in [-0.1, -0.05) is 15.9 Å². The van der Waals surface area contributed by atoms with Gasteiger partial charge in [-0.05, 0) is 44.0 Å². The third kappa shape index (κ3) is 2.75. The van der Waals surface area contributed by atoms with Crippen molar-refractivity contribution in [1.82, 2.24) is 9.55 Å². The second-order valence-corrected chi connectivity index (χ2v) is 5.31. The lowest BCUT2D eigenvalue weighted by atomic mass is 10.1. The SMILES string of the molecule is CCn1ccnc1CNc1c(C)cc(Br)cc1C. The first-order valence-corrected chi connectivity index (χ1v) is 6.91. The highest BCUT2D eigenvalue weighted by Crippen LogP contribution is 2.25. The van der Waals surface area contributed by atoms with Crippen molar-refractivity contribution in [1.29, 1.82) is 0 Å². The van der Waals surface area contributed by atoms with Crippen LogP contribution in [0.4, 0.5) is 5.69 Å². The van der Waals surface area contributed by atoms with Crippen LogP contribution in [-0.2, 0) is 13.1 Å². The van der Waals surface area contributed by atoms with E-state index in [0.717, 1.165) is 23.4 Å². The third-order valence-corrected chi connectivity index (χ3v) is 3.52. The normalized spacial score (nSPS) is 10.7. The van der Waals surface area contributed by atoms with Gasteiger partial charge in [-0.2, -0.15) is 0 Å². The molecule has 0 radical (unpaired) electrons. The molecule has 0 fully saturated rings. The van der Waals surface area contributed by atoms with Gasteiger partial charge in [-0.3, -0.25) is 0 Å². The van der Waals surface area contributed by atoms with Gasteiger partial charge in [0, 0.05) is 29.1 Å². The van der Waals surface area contributed by atoms with Crippen molar-refractivity contribution in [2.45, 2.75) is 33.9 Å². The molecule has 0 unspecified atom stereocenters. The predicted molar refractivity (Wildman–Crippen MR) is 78.8 cm³/mol. The Morgan fingerprint density at radius 1 is 1.28 bits per heavy atom. The fraction of sp³-hybridized carbons (Fsp3) is 0.357. The number of hydrogen-bond donors (Lipinski definition) is 1. The zero-order valence-electron chi connectivity index (χ0n) is 11.0. The summed E-state index contributed by atoms with van der Waals surface area (Å²) in [6.45, 7) is 8.07. The van der Waals surface area contributed by atoms with E-state index in [1.54, 1.807) is 0 Å². The van der Waals surface area contributed by atoms with Gasteiger partial charge in [0.1, 0.15) is 5.82 Å². The summed E-state index contributed by atoms with van der Waals surface area (Å²) in [5, 5.41) is 3.48. The second-order valence-electron chi connectivity index (χ2n) is 4.40. The lowest BCUT2D eigenvalue weighted by Crippen LogP contribution is -2.09. The molecular weight excluding hydrogens is 290 g/mol. The average Bonchev–Trinajstić information content (AvgIpc) is 2.75. The van der Waals surface area contributed by atoms with E-state index in [2.05, 4.69) is 63.7 Å². The standard InChI is InChI=1S/C14H18BrN3/c1-4-18-6-5-16-13(18)9-17-14-10(2)7-12(15)8-11(14)3/h5-8,17H,4,9H2,1-3H3. The molecule has 1 heterocycles. The van der Waals surface area contributed by atoms with Crippen molar-refractivity contribution in [2.24, 2.45) is 0 Å². The number of benzene rings is 1. The van der Waals surface area contributed by atoms with Crippen LogP contribution in [0.2, 0.25) is 0 Å². The molecular formula is C14H18BrN3. The second kappa shape index (κ2) is 5.57. The molecule has 1 aromatic carbocycles. The maximum atomic E-state index is 4.37. The summed E-state index contributed by atoms with van der Waals surface area (Å²) < 4.78 is 3.27. The Morgan fingerprint density at radius 3 is 2.56 bits per heavy atom. The molecule has 0 aliphatic carbocycles. The topological polar surface area (TPSA) is 29.9 Å². The summed E-state index contributed by atoms with van der Waals surface area (Å²) in [5.41, 5.74) is 3.69. The molecule has 0 amide bonds. The van der Waals surface area contributed by atoms with E-state index >= 15 is 0 Å². The quantitative estimate of drug-likeness (QED) is 0.928. The highest BCUT2D eigenvalue weighted by atomic mass is 79.9. The smallest absolute Gasteiger partial charge is 0.128 e. The minimum atomic E-state index is 0.754. The lowest BCUT2D eigenvalue weighted by molar-refractivity contribution is 0.708. The van der Waals surface area contributed by atoms with Gasteiger partial charge in [0.05, 0.1) is 6.54 Å². The van der Waals surface area contributed by atoms with Crippen molar-refractivity contribution >= 4 is 21.6 Å². The van der Waals surface area contributed by atoms with Crippen molar-refractivity contribution < 1.29 is 0 Å². The van der Waals surface area contributed by atoms with Crippen LogP contribution < -0.4 is 5.32 Å². The molecule has 0 aliphatic heterocycles. The van der Waals surface area contributed by atoms with E-state index in [9.17, 15) is 0 Å². The van der Waals surface area contributed by atoms with E-state index in [-0.39, 0.29) is 0 Å². The Labute approximate surface area is 116 Å². The fourth-order valence-corrected chi connectivity index (χ4v) is 2.84. The van der Waals surface area contributed by atoms with Gasteiger partial charge >= 0.3 is 0 Å².